The molecule has 0 aromatic heterocycles. The van der Waals surface area contributed by atoms with Gasteiger partial charge in [-0.15, -0.1) is 0 Å². The van der Waals surface area contributed by atoms with Gasteiger partial charge in [-0.3, -0.25) is 9.59 Å². The van der Waals surface area contributed by atoms with Crippen LogP contribution in [0.3, 0.4) is 0 Å². The van der Waals surface area contributed by atoms with E-state index in [0.29, 0.717) is 6.42 Å². The second-order valence-electron chi connectivity index (χ2n) is 3.95. The standard InChI is InChI=1S/C12H14N2O2/c13-11(15)8-14-10(6-7-12(14)16)9-4-2-1-3-5-9/h1-5,10H,6-8H2,(H2,13,15). The summed E-state index contributed by atoms with van der Waals surface area (Å²) in [6.07, 6.45) is 1.25. The van der Waals surface area contributed by atoms with E-state index in [2.05, 4.69) is 0 Å². The molecule has 4 nitrogen and oxygen atoms in total. The summed E-state index contributed by atoms with van der Waals surface area (Å²) in [5, 5.41) is 0. The number of likely N-dealkylation sites (tertiary alicyclic amines) is 1. The minimum atomic E-state index is -0.462. The zero-order valence-corrected chi connectivity index (χ0v) is 8.93. The van der Waals surface area contributed by atoms with Crippen LogP contribution in [0.2, 0.25) is 0 Å². The lowest BCUT2D eigenvalue weighted by Crippen LogP contribution is -2.36. The van der Waals surface area contributed by atoms with E-state index < -0.39 is 5.91 Å². The summed E-state index contributed by atoms with van der Waals surface area (Å²) in [5.74, 6) is -0.455. The first-order chi connectivity index (χ1) is 7.68. The number of primary amides is 1. The van der Waals surface area contributed by atoms with Gasteiger partial charge in [0.2, 0.25) is 11.8 Å². The molecule has 1 heterocycles. The van der Waals surface area contributed by atoms with Gasteiger partial charge in [-0.25, -0.2) is 0 Å². The SMILES string of the molecule is NC(=O)CN1C(=O)CCC1c1ccccc1. The Labute approximate surface area is 94.0 Å². The molecule has 1 aromatic carbocycles. The molecule has 1 aliphatic heterocycles. The van der Waals surface area contributed by atoms with Gasteiger partial charge in [-0.05, 0) is 12.0 Å². The minimum Gasteiger partial charge on any atom is -0.368 e. The van der Waals surface area contributed by atoms with Gasteiger partial charge in [0, 0.05) is 6.42 Å². The van der Waals surface area contributed by atoms with Crippen LogP contribution in [0.25, 0.3) is 0 Å². The number of carbonyl (C=O) groups is 2. The maximum absolute atomic E-state index is 11.6. The zero-order valence-electron chi connectivity index (χ0n) is 8.93. The summed E-state index contributed by atoms with van der Waals surface area (Å²) in [6, 6.07) is 9.73. The maximum Gasteiger partial charge on any atom is 0.237 e. The van der Waals surface area contributed by atoms with Crippen LogP contribution in [0.15, 0.2) is 30.3 Å². The van der Waals surface area contributed by atoms with Crippen molar-refractivity contribution in [2.45, 2.75) is 18.9 Å². The molecule has 16 heavy (non-hydrogen) atoms. The Hall–Kier alpha value is -1.84. The molecule has 1 atom stereocenters. The lowest BCUT2D eigenvalue weighted by Gasteiger charge is -2.23. The number of hydrogen-bond acceptors (Lipinski definition) is 2. The first kappa shape index (κ1) is 10.7. The van der Waals surface area contributed by atoms with Crippen molar-refractivity contribution in [3.8, 4) is 0 Å². The molecule has 2 rings (SSSR count). The van der Waals surface area contributed by atoms with Gasteiger partial charge in [-0.2, -0.15) is 0 Å². The summed E-state index contributed by atoms with van der Waals surface area (Å²) in [4.78, 5) is 24.1. The predicted octanol–water partition coefficient (Wildman–Crippen LogP) is 0.835. The molecule has 1 aromatic rings. The van der Waals surface area contributed by atoms with Gasteiger partial charge < -0.3 is 10.6 Å². The minimum absolute atomic E-state index is 0.00111. The molecule has 1 unspecified atom stereocenters. The molecule has 0 radical (unpaired) electrons. The fourth-order valence-electron chi connectivity index (χ4n) is 2.12. The van der Waals surface area contributed by atoms with Crippen molar-refractivity contribution in [2.75, 3.05) is 6.54 Å². The highest BCUT2D eigenvalue weighted by Crippen LogP contribution is 2.31. The Bertz CT molecular complexity index is 403. The van der Waals surface area contributed by atoms with E-state index in [4.69, 9.17) is 5.73 Å². The summed E-state index contributed by atoms with van der Waals surface area (Å²) in [6.45, 7) is 0.0123. The number of benzene rings is 1. The van der Waals surface area contributed by atoms with E-state index in [1.165, 1.54) is 0 Å². The third-order valence-electron chi connectivity index (χ3n) is 2.84. The molecule has 4 heteroatoms. The Morgan fingerprint density at radius 1 is 1.38 bits per heavy atom. The van der Waals surface area contributed by atoms with E-state index in [-0.39, 0.29) is 18.5 Å². The Morgan fingerprint density at radius 2 is 2.06 bits per heavy atom. The Morgan fingerprint density at radius 3 is 2.69 bits per heavy atom. The summed E-state index contributed by atoms with van der Waals surface area (Å²) < 4.78 is 0. The van der Waals surface area contributed by atoms with Crippen molar-refractivity contribution >= 4 is 11.8 Å². The van der Waals surface area contributed by atoms with Crippen molar-refractivity contribution in [1.82, 2.24) is 4.90 Å². The highest BCUT2D eigenvalue weighted by Gasteiger charge is 2.32. The maximum atomic E-state index is 11.6. The molecule has 1 aliphatic rings. The molecular weight excluding hydrogens is 204 g/mol. The number of carbonyl (C=O) groups excluding carboxylic acids is 2. The van der Waals surface area contributed by atoms with Crippen LogP contribution in [0.4, 0.5) is 0 Å². The van der Waals surface area contributed by atoms with Gasteiger partial charge >= 0.3 is 0 Å². The molecule has 1 fully saturated rings. The van der Waals surface area contributed by atoms with Crippen LogP contribution in [-0.4, -0.2) is 23.3 Å². The normalized spacial score (nSPS) is 20.1. The van der Waals surface area contributed by atoms with E-state index in [1.54, 1.807) is 4.90 Å². The summed E-state index contributed by atoms with van der Waals surface area (Å²) >= 11 is 0. The number of amides is 2. The average molecular weight is 218 g/mol. The molecular formula is C12H14N2O2. The topological polar surface area (TPSA) is 63.4 Å². The molecule has 2 amide bonds. The molecule has 0 aliphatic carbocycles. The van der Waals surface area contributed by atoms with Crippen LogP contribution in [0, 0.1) is 0 Å². The Kier molecular flexibility index (Phi) is 2.90. The highest BCUT2D eigenvalue weighted by molar-refractivity contribution is 5.85. The molecule has 2 N–H and O–H groups in total. The van der Waals surface area contributed by atoms with Crippen molar-refractivity contribution in [3.05, 3.63) is 35.9 Å². The summed E-state index contributed by atoms with van der Waals surface area (Å²) in [5.41, 5.74) is 6.21. The number of nitrogens with zero attached hydrogens (tertiary/aromatic N) is 1. The Balaban J connectivity index is 2.21. The highest BCUT2D eigenvalue weighted by atomic mass is 16.2. The van der Waals surface area contributed by atoms with Crippen LogP contribution in [0.5, 0.6) is 0 Å². The molecule has 84 valence electrons. The predicted molar refractivity (Wildman–Crippen MR) is 59.3 cm³/mol. The lowest BCUT2D eigenvalue weighted by molar-refractivity contribution is -0.133. The molecule has 0 spiro atoms. The molecule has 0 bridgehead atoms. The fourth-order valence-corrected chi connectivity index (χ4v) is 2.12. The van der Waals surface area contributed by atoms with E-state index >= 15 is 0 Å². The third kappa shape index (κ3) is 2.05. The van der Waals surface area contributed by atoms with Crippen LogP contribution in [0.1, 0.15) is 24.4 Å². The van der Waals surface area contributed by atoms with Crippen molar-refractivity contribution in [3.63, 3.8) is 0 Å². The van der Waals surface area contributed by atoms with Crippen LogP contribution < -0.4 is 5.73 Å². The van der Waals surface area contributed by atoms with Gasteiger partial charge in [-0.1, -0.05) is 30.3 Å². The second-order valence-corrected chi connectivity index (χ2v) is 3.95. The smallest absolute Gasteiger partial charge is 0.237 e. The number of rotatable bonds is 3. The summed E-state index contributed by atoms with van der Waals surface area (Å²) in [7, 11) is 0. The third-order valence-corrected chi connectivity index (χ3v) is 2.84. The number of nitrogens with two attached hydrogens (primary N) is 1. The fraction of sp³-hybridized carbons (Fsp3) is 0.333. The van der Waals surface area contributed by atoms with Gasteiger partial charge in [0.05, 0.1) is 12.6 Å². The van der Waals surface area contributed by atoms with Gasteiger partial charge in [0.1, 0.15) is 0 Å². The quantitative estimate of drug-likeness (QED) is 0.817. The molecule has 0 saturated carbocycles. The van der Waals surface area contributed by atoms with Gasteiger partial charge in [0.25, 0.3) is 0 Å². The zero-order chi connectivity index (χ0) is 11.5. The molecule has 1 saturated heterocycles. The number of hydrogen-bond donors (Lipinski definition) is 1. The van der Waals surface area contributed by atoms with Crippen molar-refractivity contribution in [1.29, 1.82) is 0 Å². The second kappa shape index (κ2) is 4.35. The van der Waals surface area contributed by atoms with Crippen LogP contribution >= 0.6 is 0 Å². The van der Waals surface area contributed by atoms with E-state index in [1.807, 2.05) is 30.3 Å². The average Bonchev–Trinajstić information content (AvgIpc) is 2.61. The van der Waals surface area contributed by atoms with Crippen molar-refractivity contribution < 1.29 is 9.59 Å². The van der Waals surface area contributed by atoms with E-state index in [9.17, 15) is 9.59 Å². The van der Waals surface area contributed by atoms with Crippen LogP contribution in [-0.2, 0) is 9.59 Å². The van der Waals surface area contributed by atoms with Crippen molar-refractivity contribution in [2.24, 2.45) is 5.73 Å². The monoisotopic (exact) mass is 218 g/mol. The van der Waals surface area contributed by atoms with Gasteiger partial charge in [0.15, 0.2) is 0 Å². The largest absolute Gasteiger partial charge is 0.368 e. The van der Waals surface area contributed by atoms with E-state index in [0.717, 1.165) is 12.0 Å². The lowest BCUT2D eigenvalue weighted by atomic mass is 10.0. The first-order valence-electron chi connectivity index (χ1n) is 5.31. The first-order valence-corrected chi connectivity index (χ1v) is 5.31.